The molecular weight excluding hydrogens is 274 g/mol. The van der Waals surface area contributed by atoms with Crippen molar-refractivity contribution in [1.82, 2.24) is 9.71 Å². The van der Waals surface area contributed by atoms with Gasteiger partial charge >= 0.3 is 0 Å². The Morgan fingerprint density at radius 3 is 2.70 bits per heavy atom. The van der Waals surface area contributed by atoms with Crippen LogP contribution in [0.15, 0.2) is 23.2 Å². The monoisotopic (exact) mass is 297 g/mol. The van der Waals surface area contributed by atoms with Crippen LogP contribution in [0.2, 0.25) is 0 Å². The number of nitrogens with zero attached hydrogens (tertiary/aromatic N) is 1. The Bertz CT molecular complexity index is 551. The third-order valence-electron chi connectivity index (χ3n) is 3.90. The summed E-state index contributed by atoms with van der Waals surface area (Å²) in [4.78, 5) is 4.36. The average molecular weight is 297 g/mol. The maximum absolute atomic E-state index is 12.3. The van der Waals surface area contributed by atoms with Crippen molar-refractivity contribution < 1.29 is 8.42 Å². The molecule has 5 nitrogen and oxygen atoms in total. The lowest BCUT2D eigenvalue weighted by molar-refractivity contribution is 0.336. The van der Waals surface area contributed by atoms with Gasteiger partial charge in [-0.15, -0.1) is 0 Å². The molecule has 0 aliphatic heterocycles. The van der Waals surface area contributed by atoms with Gasteiger partial charge in [0, 0.05) is 25.4 Å². The molecule has 112 valence electrons. The van der Waals surface area contributed by atoms with Crippen LogP contribution in [0, 0.1) is 5.41 Å². The van der Waals surface area contributed by atoms with Crippen LogP contribution in [0.5, 0.6) is 0 Å². The van der Waals surface area contributed by atoms with Gasteiger partial charge in [0.05, 0.1) is 4.90 Å². The Balaban J connectivity index is 2.07. The van der Waals surface area contributed by atoms with Gasteiger partial charge < -0.3 is 5.32 Å². The first-order valence-electron chi connectivity index (χ1n) is 7.15. The molecule has 2 rings (SSSR count). The summed E-state index contributed by atoms with van der Waals surface area (Å²) < 4.78 is 27.4. The van der Waals surface area contributed by atoms with Crippen LogP contribution >= 0.6 is 0 Å². The van der Waals surface area contributed by atoms with Crippen LogP contribution in [-0.2, 0) is 10.0 Å². The van der Waals surface area contributed by atoms with Crippen LogP contribution in [0.4, 0.5) is 5.82 Å². The Morgan fingerprint density at radius 1 is 1.35 bits per heavy atom. The zero-order valence-electron chi connectivity index (χ0n) is 12.1. The third kappa shape index (κ3) is 3.70. The Labute approximate surface area is 121 Å². The quantitative estimate of drug-likeness (QED) is 0.845. The molecule has 0 radical (unpaired) electrons. The minimum atomic E-state index is -3.46. The molecular formula is C14H23N3O2S. The van der Waals surface area contributed by atoms with Crippen molar-refractivity contribution in [3.63, 3.8) is 0 Å². The molecule has 0 atom stereocenters. The first-order valence-corrected chi connectivity index (χ1v) is 8.63. The molecule has 1 heterocycles. The molecule has 0 amide bonds. The average Bonchev–Trinajstić information content (AvgIpc) is 2.85. The lowest BCUT2D eigenvalue weighted by Crippen LogP contribution is -2.34. The van der Waals surface area contributed by atoms with Gasteiger partial charge in [0.2, 0.25) is 10.0 Å². The van der Waals surface area contributed by atoms with Gasteiger partial charge in [-0.2, -0.15) is 0 Å². The van der Waals surface area contributed by atoms with E-state index in [-0.39, 0.29) is 10.3 Å². The molecule has 20 heavy (non-hydrogen) atoms. The highest BCUT2D eigenvalue weighted by Crippen LogP contribution is 2.36. The topological polar surface area (TPSA) is 71.1 Å². The first kappa shape index (κ1) is 15.3. The molecule has 1 aromatic heterocycles. The van der Waals surface area contributed by atoms with Crippen molar-refractivity contribution in [3.05, 3.63) is 18.3 Å². The van der Waals surface area contributed by atoms with Gasteiger partial charge in [-0.25, -0.2) is 18.1 Å². The van der Waals surface area contributed by atoms with Crippen LogP contribution in [0.25, 0.3) is 0 Å². The summed E-state index contributed by atoms with van der Waals surface area (Å²) in [7, 11) is -3.46. The molecule has 0 unspecified atom stereocenters. The molecule has 1 aliphatic rings. The summed E-state index contributed by atoms with van der Waals surface area (Å²) in [6.07, 6.45) is 6.09. The molecule has 0 aromatic carbocycles. The summed E-state index contributed by atoms with van der Waals surface area (Å²) in [5.41, 5.74) is 0.102. The predicted molar refractivity (Wildman–Crippen MR) is 80.2 cm³/mol. The fraction of sp³-hybridized carbons (Fsp3) is 0.643. The molecule has 6 heteroatoms. The van der Waals surface area contributed by atoms with E-state index >= 15 is 0 Å². The van der Waals surface area contributed by atoms with E-state index in [1.165, 1.54) is 25.1 Å². The van der Waals surface area contributed by atoms with Crippen LogP contribution in [0.1, 0.15) is 39.5 Å². The Morgan fingerprint density at radius 2 is 2.05 bits per heavy atom. The second-order valence-corrected chi connectivity index (χ2v) is 7.52. The lowest BCUT2D eigenvalue weighted by atomic mass is 9.89. The molecule has 0 spiro atoms. The zero-order valence-corrected chi connectivity index (χ0v) is 13.0. The standard InChI is InChI=1S/C14H23N3O2S/c1-3-15-13-10-12(6-9-16-13)20(18,19)17-11-14(2)7-4-5-8-14/h6,9-10,17H,3-5,7-8,11H2,1-2H3,(H,15,16). The van der Waals surface area contributed by atoms with Gasteiger partial charge in [-0.05, 0) is 31.2 Å². The highest BCUT2D eigenvalue weighted by Gasteiger charge is 2.30. The van der Waals surface area contributed by atoms with Gasteiger partial charge in [0.15, 0.2) is 0 Å². The van der Waals surface area contributed by atoms with E-state index in [2.05, 4.69) is 21.9 Å². The number of rotatable bonds is 6. The van der Waals surface area contributed by atoms with E-state index in [9.17, 15) is 8.42 Å². The summed E-state index contributed by atoms with van der Waals surface area (Å²) in [5.74, 6) is 0.586. The second kappa shape index (κ2) is 6.10. The largest absolute Gasteiger partial charge is 0.370 e. The molecule has 0 bridgehead atoms. The van der Waals surface area contributed by atoms with Gasteiger partial charge in [0.1, 0.15) is 5.82 Å². The van der Waals surface area contributed by atoms with Crippen molar-refractivity contribution in [2.45, 2.75) is 44.4 Å². The summed E-state index contributed by atoms with van der Waals surface area (Å²) in [6, 6.07) is 3.10. The van der Waals surface area contributed by atoms with Crippen LogP contribution in [0.3, 0.4) is 0 Å². The van der Waals surface area contributed by atoms with E-state index in [1.807, 2.05) is 6.92 Å². The molecule has 1 fully saturated rings. The van der Waals surface area contributed by atoms with E-state index in [0.717, 1.165) is 12.8 Å². The normalized spacial score (nSPS) is 18.1. The van der Waals surface area contributed by atoms with Crippen molar-refractivity contribution in [1.29, 1.82) is 0 Å². The number of anilines is 1. The summed E-state index contributed by atoms with van der Waals surface area (Å²) in [6.45, 7) is 5.32. The molecule has 1 aliphatic carbocycles. The maximum atomic E-state index is 12.3. The SMILES string of the molecule is CCNc1cc(S(=O)(=O)NCC2(C)CCCC2)ccn1. The highest BCUT2D eigenvalue weighted by molar-refractivity contribution is 7.89. The molecule has 1 saturated carbocycles. The van der Waals surface area contributed by atoms with E-state index in [4.69, 9.17) is 0 Å². The van der Waals surface area contributed by atoms with E-state index in [1.54, 1.807) is 6.07 Å². The second-order valence-electron chi connectivity index (χ2n) is 5.75. The van der Waals surface area contributed by atoms with Crippen molar-refractivity contribution >= 4 is 15.8 Å². The van der Waals surface area contributed by atoms with Crippen LogP contribution < -0.4 is 10.0 Å². The van der Waals surface area contributed by atoms with Gasteiger partial charge in [0.25, 0.3) is 0 Å². The fourth-order valence-electron chi connectivity index (χ4n) is 2.61. The van der Waals surface area contributed by atoms with Gasteiger partial charge in [-0.3, -0.25) is 0 Å². The van der Waals surface area contributed by atoms with E-state index in [0.29, 0.717) is 18.9 Å². The highest BCUT2D eigenvalue weighted by atomic mass is 32.2. The first-order chi connectivity index (χ1) is 9.45. The van der Waals surface area contributed by atoms with Crippen molar-refractivity contribution in [2.24, 2.45) is 5.41 Å². The summed E-state index contributed by atoms with van der Waals surface area (Å²) >= 11 is 0. The number of sulfonamides is 1. The van der Waals surface area contributed by atoms with Gasteiger partial charge in [-0.1, -0.05) is 19.8 Å². The van der Waals surface area contributed by atoms with Crippen LogP contribution in [-0.4, -0.2) is 26.5 Å². The van der Waals surface area contributed by atoms with E-state index < -0.39 is 10.0 Å². The number of nitrogens with one attached hydrogen (secondary N) is 2. The molecule has 0 saturated heterocycles. The fourth-order valence-corrected chi connectivity index (χ4v) is 3.83. The number of aromatic nitrogens is 1. The maximum Gasteiger partial charge on any atom is 0.240 e. The summed E-state index contributed by atoms with van der Waals surface area (Å²) in [5, 5.41) is 3.02. The Hall–Kier alpha value is -1.14. The minimum absolute atomic E-state index is 0.102. The lowest BCUT2D eigenvalue weighted by Gasteiger charge is -2.23. The Kier molecular flexibility index (Phi) is 4.65. The number of pyridine rings is 1. The van der Waals surface area contributed by atoms with Crippen molar-refractivity contribution in [3.8, 4) is 0 Å². The number of hydrogen-bond donors (Lipinski definition) is 2. The molecule has 2 N–H and O–H groups in total. The predicted octanol–water partition coefficient (Wildman–Crippen LogP) is 2.37. The third-order valence-corrected chi connectivity index (χ3v) is 5.30. The zero-order chi connectivity index (χ0) is 14.6. The van der Waals surface area contributed by atoms with Crippen molar-refractivity contribution in [2.75, 3.05) is 18.4 Å². The smallest absolute Gasteiger partial charge is 0.240 e. The molecule has 1 aromatic rings. The number of hydrogen-bond acceptors (Lipinski definition) is 4. The minimum Gasteiger partial charge on any atom is -0.370 e.